The lowest BCUT2D eigenvalue weighted by Crippen LogP contribution is -2.20. The lowest BCUT2D eigenvalue weighted by Gasteiger charge is -2.10. The van der Waals surface area contributed by atoms with E-state index in [1.165, 1.54) is 6.26 Å². The zero-order valence-electron chi connectivity index (χ0n) is 15.8. The van der Waals surface area contributed by atoms with Crippen LogP contribution in [0.25, 0.3) is 22.1 Å². The second-order valence-electron chi connectivity index (χ2n) is 6.58. The molecule has 0 fully saturated rings. The Morgan fingerprint density at radius 2 is 1.77 bits per heavy atom. The van der Waals surface area contributed by atoms with Gasteiger partial charge in [-0.2, -0.15) is 0 Å². The van der Waals surface area contributed by atoms with Crippen LogP contribution in [0.15, 0.2) is 76.1 Å². The highest BCUT2D eigenvalue weighted by Crippen LogP contribution is 2.29. The van der Waals surface area contributed by atoms with E-state index >= 15 is 0 Å². The molecule has 3 aromatic carbocycles. The molecule has 1 heterocycles. The Morgan fingerprint density at radius 3 is 2.55 bits per heavy atom. The summed E-state index contributed by atoms with van der Waals surface area (Å²) >= 11 is 17.9. The molecule has 4 aromatic rings. The Bertz CT molecular complexity index is 1330. The van der Waals surface area contributed by atoms with Crippen LogP contribution >= 0.6 is 34.8 Å². The summed E-state index contributed by atoms with van der Waals surface area (Å²) in [5.74, 6) is -0.0361. The minimum atomic E-state index is -0.413. The average molecular weight is 475 g/mol. The molecule has 0 saturated heterocycles. The molecule has 0 aliphatic carbocycles. The fourth-order valence-corrected chi connectivity index (χ4v) is 3.44. The van der Waals surface area contributed by atoms with Crippen LogP contribution in [-0.4, -0.2) is 12.5 Å². The number of ether oxygens (including phenoxy) is 1. The van der Waals surface area contributed by atoms with Crippen molar-refractivity contribution < 1.29 is 13.9 Å². The maximum atomic E-state index is 12.8. The molecule has 4 rings (SSSR count). The third-order valence-corrected chi connectivity index (χ3v) is 5.57. The zero-order chi connectivity index (χ0) is 22.0. The summed E-state index contributed by atoms with van der Waals surface area (Å²) in [6, 6.07) is 16.6. The van der Waals surface area contributed by atoms with E-state index in [1.54, 1.807) is 60.7 Å². The zero-order valence-corrected chi connectivity index (χ0v) is 18.1. The molecular formula is C23H14Cl3NO4. The van der Waals surface area contributed by atoms with E-state index < -0.39 is 5.91 Å². The summed E-state index contributed by atoms with van der Waals surface area (Å²) in [6.45, 7) is -0.262. The van der Waals surface area contributed by atoms with Gasteiger partial charge in [-0.3, -0.25) is 9.59 Å². The van der Waals surface area contributed by atoms with Gasteiger partial charge in [0.1, 0.15) is 17.6 Å². The highest BCUT2D eigenvalue weighted by Gasteiger charge is 2.12. The van der Waals surface area contributed by atoms with Crippen LogP contribution in [0.3, 0.4) is 0 Å². The first kappa shape index (κ1) is 21.2. The number of carbonyl (C=O) groups excluding carboxylic acids is 1. The van der Waals surface area contributed by atoms with Crippen LogP contribution in [0, 0.1) is 0 Å². The first-order valence-corrected chi connectivity index (χ1v) is 10.2. The number of anilines is 1. The van der Waals surface area contributed by atoms with Crippen molar-refractivity contribution in [3.05, 3.63) is 92.2 Å². The van der Waals surface area contributed by atoms with Gasteiger partial charge in [-0.1, -0.05) is 53.0 Å². The van der Waals surface area contributed by atoms with E-state index in [0.717, 1.165) is 0 Å². The highest BCUT2D eigenvalue weighted by atomic mass is 35.5. The highest BCUT2D eigenvalue weighted by molar-refractivity contribution is 6.44. The Balaban J connectivity index is 1.50. The number of fused-ring (bicyclic) bond motifs is 1. The van der Waals surface area contributed by atoms with Gasteiger partial charge in [0, 0.05) is 11.1 Å². The number of rotatable bonds is 5. The predicted octanol–water partition coefficient (Wildman–Crippen LogP) is 6.44. The second kappa shape index (κ2) is 9.02. The van der Waals surface area contributed by atoms with E-state index in [1.807, 2.05) is 0 Å². The van der Waals surface area contributed by atoms with E-state index in [9.17, 15) is 9.59 Å². The van der Waals surface area contributed by atoms with Gasteiger partial charge in [-0.05, 0) is 42.0 Å². The quantitative estimate of drug-likeness (QED) is 0.361. The van der Waals surface area contributed by atoms with Crippen LogP contribution in [0.4, 0.5) is 5.69 Å². The van der Waals surface area contributed by atoms with E-state index in [4.69, 9.17) is 44.0 Å². The van der Waals surface area contributed by atoms with Crippen molar-refractivity contribution >= 4 is 57.4 Å². The number of benzene rings is 3. The first-order valence-electron chi connectivity index (χ1n) is 9.10. The van der Waals surface area contributed by atoms with E-state index in [-0.39, 0.29) is 17.1 Å². The van der Waals surface area contributed by atoms with E-state index in [0.29, 0.717) is 43.6 Å². The topological polar surface area (TPSA) is 68.5 Å². The second-order valence-corrected chi connectivity index (χ2v) is 7.80. The van der Waals surface area contributed by atoms with Gasteiger partial charge >= 0.3 is 0 Å². The van der Waals surface area contributed by atoms with Crippen molar-refractivity contribution in [2.24, 2.45) is 0 Å². The number of nitrogens with one attached hydrogen (secondary N) is 1. The Morgan fingerprint density at radius 1 is 1.00 bits per heavy atom. The van der Waals surface area contributed by atoms with Crippen molar-refractivity contribution in [3.8, 4) is 16.9 Å². The summed E-state index contributed by atoms with van der Waals surface area (Å²) in [5.41, 5.74) is 1.69. The fraction of sp³-hybridized carbons (Fsp3) is 0.0435. The molecule has 156 valence electrons. The predicted molar refractivity (Wildman–Crippen MR) is 124 cm³/mol. The molecule has 5 nitrogen and oxygen atoms in total. The third kappa shape index (κ3) is 4.69. The molecule has 0 spiro atoms. The molecule has 0 atom stereocenters. The normalized spacial score (nSPS) is 10.8. The summed E-state index contributed by atoms with van der Waals surface area (Å²) in [5, 5.41) is 4.20. The van der Waals surface area contributed by atoms with Gasteiger partial charge in [-0.15, -0.1) is 0 Å². The largest absolute Gasteiger partial charge is 0.484 e. The first-order chi connectivity index (χ1) is 14.9. The fourth-order valence-electron chi connectivity index (χ4n) is 2.96. The molecular weight excluding hydrogens is 461 g/mol. The van der Waals surface area contributed by atoms with Crippen LogP contribution in [0.2, 0.25) is 15.1 Å². The molecule has 0 saturated carbocycles. The number of amides is 1. The molecule has 0 unspecified atom stereocenters. The van der Waals surface area contributed by atoms with Gasteiger partial charge < -0.3 is 14.5 Å². The molecule has 1 amide bonds. The Labute approximate surface area is 192 Å². The number of hydrogen-bond acceptors (Lipinski definition) is 4. The molecule has 0 aliphatic rings. The molecule has 31 heavy (non-hydrogen) atoms. The van der Waals surface area contributed by atoms with Gasteiger partial charge in [0.2, 0.25) is 0 Å². The summed E-state index contributed by atoms with van der Waals surface area (Å²) in [7, 11) is 0. The number of halogens is 3. The SMILES string of the molecule is O=C(COc1ccc2c(=O)c(-c3ccc(Cl)cc3)coc2c1)Nc1cccc(Cl)c1Cl. The molecule has 0 radical (unpaired) electrons. The van der Waals surface area contributed by atoms with Crippen LogP contribution in [-0.2, 0) is 4.79 Å². The molecule has 0 bridgehead atoms. The standard InChI is InChI=1S/C23H14Cl3NO4/c24-14-6-4-13(5-7-14)17-11-31-20-10-15(8-9-16(20)23(17)29)30-12-21(28)27-19-3-1-2-18(25)22(19)26/h1-11H,12H2,(H,27,28). The number of carbonyl (C=O) groups is 1. The van der Waals surface area contributed by atoms with Gasteiger partial charge in [0.15, 0.2) is 12.0 Å². The summed E-state index contributed by atoms with van der Waals surface area (Å²) in [6.07, 6.45) is 1.39. The minimum Gasteiger partial charge on any atom is -0.484 e. The molecule has 1 aromatic heterocycles. The van der Waals surface area contributed by atoms with E-state index in [2.05, 4.69) is 5.32 Å². The summed E-state index contributed by atoms with van der Waals surface area (Å²) < 4.78 is 11.2. The third-order valence-electron chi connectivity index (χ3n) is 4.50. The van der Waals surface area contributed by atoms with Gasteiger partial charge in [0.25, 0.3) is 5.91 Å². The van der Waals surface area contributed by atoms with Crippen molar-refractivity contribution in [2.45, 2.75) is 0 Å². The Hall–Kier alpha value is -2.99. The van der Waals surface area contributed by atoms with Gasteiger partial charge in [-0.25, -0.2) is 0 Å². The van der Waals surface area contributed by atoms with Crippen molar-refractivity contribution in [3.63, 3.8) is 0 Å². The van der Waals surface area contributed by atoms with Crippen molar-refractivity contribution in [1.82, 2.24) is 0 Å². The molecule has 1 N–H and O–H groups in total. The maximum absolute atomic E-state index is 12.8. The van der Waals surface area contributed by atoms with Crippen LogP contribution in [0.1, 0.15) is 0 Å². The molecule has 8 heteroatoms. The smallest absolute Gasteiger partial charge is 0.262 e. The average Bonchev–Trinajstić information content (AvgIpc) is 2.76. The minimum absolute atomic E-state index is 0.177. The van der Waals surface area contributed by atoms with Gasteiger partial charge in [0.05, 0.1) is 26.7 Å². The Kier molecular flexibility index (Phi) is 6.18. The monoisotopic (exact) mass is 473 g/mol. The molecule has 0 aliphatic heterocycles. The number of hydrogen-bond donors (Lipinski definition) is 1. The summed E-state index contributed by atoms with van der Waals surface area (Å²) in [4.78, 5) is 25.0. The maximum Gasteiger partial charge on any atom is 0.262 e. The lowest BCUT2D eigenvalue weighted by atomic mass is 10.1. The van der Waals surface area contributed by atoms with Crippen LogP contribution < -0.4 is 15.5 Å². The van der Waals surface area contributed by atoms with Crippen molar-refractivity contribution in [1.29, 1.82) is 0 Å². The van der Waals surface area contributed by atoms with Crippen molar-refractivity contribution in [2.75, 3.05) is 11.9 Å². The lowest BCUT2D eigenvalue weighted by molar-refractivity contribution is -0.118. The van der Waals surface area contributed by atoms with Crippen LogP contribution in [0.5, 0.6) is 5.75 Å².